The summed E-state index contributed by atoms with van der Waals surface area (Å²) in [5.74, 6) is -0.981. The molecule has 3 heterocycles. The van der Waals surface area contributed by atoms with Gasteiger partial charge in [0.05, 0.1) is 16.4 Å². The van der Waals surface area contributed by atoms with Gasteiger partial charge in [-0.2, -0.15) is 0 Å². The molecule has 0 spiro atoms. The number of anilines is 1. The number of Topliss-reactive ketones (excluding diaryl/α,β-unsaturated/α-hetero) is 1. The molecule has 27 heavy (non-hydrogen) atoms. The van der Waals surface area contributed by atoms with Crippen molar-refractivity contribution in [3.63, 3.8) is 0 Å². The number of hydrogen-bond acceptors (Lipinski definition) is 6. The van der Waals surface area contributed by atoms with Crippen molar-refractivity contribution < 1.29 is 9.59 Å². The highest BCUT2D eigenvalue weighted by Crippen LogP contribution is 2.35. The standard InChI is InChI=1S/C20H18N4O2S/c1-11-6-2-3-7-12(11)14-10-15(25)17-18(21-14)23-24(19(17)26)20-22-13-8-4-5-9-16(13)27-20/h2-9,14,17-18,21,23H,10H2,1H3. The Labute approximate surface area is 160 Å². The highest BCUT2D eigenvalue weighted by Gasteiger charge is 2.50. The van der Waals surface area contributed by atoms with Crippen molar-refractivity contribution in [3.05, 3.63) is 59.7 Å². The lowest BCUT2D eigenvalue weighted by molar-refractivity contribution is -0.133. The molecule has 2 fully saturated rings. The van der Waals surface area contributed by atoms with Gasteiger partial charge in [0, 0.05) is 12.5 Å². The summed E-state index contributed by atoms with van der Waals surface area (Å²) in [5, 5.41) is 5.45. The summed E-state index contributed by atoms with van der Waals surface area (Å²) in [7, 11) is 0. The van der Waals surface area contributed by atoms with E-state index in [1.54, 1.807) is 0 Å². The Balaban J connectivity index is 1.45. The van der Waals surface area contributed by atoms with Gasteiger partial charge in [0.1, 0.15) is 11.7 Å². The van der Waals surface area contributed by atoms with Gasteiger partial charge in [-0.1, -0.05) is 47.7 Å². The molecule has 5 rings (SSSR count). The van der Waals surface area contributed by atoms with Crippen molar-refractivity contribution in [1.82, 2.24) is 15.7 Å². The van der Waals surface area contributed by atoms with Gasteiger partial charge in [-0.3, -0.25) is 14.9 Å². The minimum Gasteiger partial charge on any atom is -0.299 e. The molecule has 3 aromatic rings. The lowest BCUT2D eigenvalue weighted by Gasteiger charge is -2.31. The summed E-state index contributed by atoms with van der Waals surface area (Å²) in [4.78, 5) is 30.2. The first-order valence-electron chi connectivity index (χ1n) is 8.92. The highest BCUT2D eigenvalue weighted by molar-refractivity contribution is 7.22. The molecular weight excluding hydrogens is 360 g/mol. The Kier molecular flexibility index (Phi) is 3.82. The number of aromatic nitrogens is 1. The fourth-order valence-corrected chi connectivity index (χ4v) is 4.84. The maximum Gasteiger partial charge on any atom is 0.257 e. The third kappa shape index (κ3) is 2.66. The van der Waals surface area contributed by atoms with Crippen LogP contribution in [0, 0.1) is 12.8 Å². The van der Waals surface area contributed by atoms with Crippen LogP contribution in [-0.2, 0) is 9.59 Å². The first-order chi connectivity index (χ1) is 13.1. The second-order valence-electron chi connectivity index (χ2n) is 6.97. The number of nitrogens with zero attached hydrogens (tertiary/aromatic N) is 2. The Bertz CT molecular complexity index is 1030. The van der Waals surface area contributed by atoms with Gasteiger partial charge in [0.2, 0.25) is 5.13 Å². The summed E-state index contributed by atoms with van der Waals surface area (Å²) >= 11 is 1.44. The fraction of sp³-hybridized carbons (Fsp3) is 0.250. The van der Waals surface area contributed by atoms with Crippen LogP contribution in [0.2, 0.25) is 0 Å². The lowest BCUT2D eigenvalue weighted by Crippen LogP contribution is -2.52. The van der Waals surface area contributed by atoms with Gasteiger partial charge in [0.15, 0.2) is 0 Å². The largest absolute Gasteiger partial charge is 0.299 e. The van der Waals surface area contributed by atoms with Crippen LogP contribution in [-0.4, -0.2) is 22.8 Å². The quantitative estimate of drug-likeness (QED) is 0.671. The molecule has 0 radical (unpaired) electrons. The van der Waals surface area contributed by atoms with Gasteiger partial charge in [-0.15, -0.1) is 0 Å². The summed E-state index contributed by atoms with van der Waals surface area (Å²) < 4.78 is 1.01. The molecule has 3 unspecified atom stereocenters. The Morgan fingerprint density at radius 3 is 2.70 bits per heavy atom. The van der Waals surface area contributed by atoms with E-state index in [0.29, 0.717) is 11.6 Å². The van der Waals surface area contributed by atoms with Crippen LogP contribution in [0.5, 0.6) is 0 Å². The Hall–Kier alpha value is -2.61. The number of ketones is 1. The monoisotopic (exact) mass is 378 g/mol. The average Bonchev–Trinajstić information content (AvgIpc) is 3.23. The van der Waals surface area contributed by atoms with Gasteiger partial charge in [-0.25, -0.2) is 15.4 Å². The van der Waals surface area contributed by atoms with E-state index >= 15 is 0 Å². The molecule has 3 atom stereocenters. The molecule has 7 heteroatoms. The van der Waals surface area contributed by atoms with E-state index in [4.69, 9.17) is 0 Å². The van der Waals surface area contributed by atoms with Gasteiger partial charge < -0.3 is 0 Å². The molecule has 136 valence electrons. The number of amides is 1. The van der Waals surface area contributed by atoms with Crippen LogP contribution >= 0.6 is 11.3 Å². The van der Waals surface area contributed by atoms with Crippen LogP contribution in [0.4, 0.5) is 5.13 Å². The molecule has 2 saturated heterocycles. The van der Waals surface area contributed by atoms with Crippen molar-refractivity contribution in [2.45, 2.75) is 25.6 Å². The van der Waals surface area contributed by atoms with E-state index in [1.165, 1.54) is 16.3 Å². The van der Waals surface area contributed by atoms with Crippen LogP contribution in [0.1, 0.15) is 23.6 Å². The smallest absolute Gasteiger partial charge is 0.257 e. The molecule has 0 bridgehead atoms. The zero-order valence-corrected chi connectivity index (χ0v) is 15.5. The second-order valence-corrected chi connectivity index (χ2v) is 7.98. The first kappa shape index (κ1) is 16.6. The highest BCUT2D eigenvalue weighted by atomic mass is 32.1. The molecule has 0 saturated carbocycles. The number of hydrogen-bond donors (Lipinski definition) is 2. The van der Waals surface area contributed by atoms with Crippen molar-refractivity contribution in [2.24, 2.45) is 5.92 Å². The van der Waals surface area contributed by atoms with E-state index < -0.39 is 12.1 Å². The van der Waals surface area contributed by atoms with E-state index in [0.717, 1.165) is 21.3 Å². The van der Waals surface area contributed by atoms with Crippen molar-refractivity contribution in [3.8, 4) is 0 Å². The number of fused-ring (bicyclic) bond motifs is 2. The number of nitrogens with one attached hydrogen (secondary N) is 2. The molecule has 2 aliphatic rings. The third-order valence-corrected chi connectivity index (χ3v) is 6.28. The number of rotatable bonds is 2. The normalized spacial score (nSPS) is 25.2. The molecule has 2 N–H and O–H groups in total. The number of para-hydroxylation sites is 1. The minimum atomic E-state index is -0.711. The van der Waals surface area contributed by atoms with Crippen LogP contribution < -0.4 is 15.8 Å². The summed E-state index contributed by atoms with van der Waals surface area (Å²) in [5.41, 5.74) is 6.24. The van der Waals surface area contributed by atoms with Crippen LogP contribution in [0.15, 0.2) is 48.5 Å². The number of aryl methyl sites for hydroxylation is 1. The molecule has 1 amide bonds. The predicted octanol–water partition coefficient (Wildman–Crippen LogP) is 2.70. The van der Waals surface area contributed by atoms with Crippen LogP contribution in [0.25, 0.3) is 10.2 Å². The van der Waals surface area contributed by atoms with Crippen molar-refractivity contribution >= 4 is 38.4 Å². The number of hydrazine groups is 1. The predicted molar refractivity (Wildman–Crippen MR) is 104 cm³/mol. The lowest BCUT2D eigenvalue weighted by atomic mass is 9.86. The zero-order chi connectivity index (χ0) is 18.5. The van der Waals surface area contributed by atoms with E-state index in [-0.39, 0.29) is 17.7 Å². The maximum atomic E-state index is 12.9. The Morgan fingerprint density at radius 2 is 1.89 bits per heavy atom. The zero-order valence-electron chi connectivity index (χ0n) is 14.7. The third-order valence-electron chi connectivity index (χ3n) is 5.26. The van der Waals surface area contributed by atoms with E-state index in [2.05, 4.69) is 15.7 Å². The number of carbonyl (C=O) groups excluding carboxylic acids is 2. The number of thiazole rings is 1. The first-order valence-corrected chi connectivity index (χ1v) is 9.73. The van der Waals surface area contributed by atoms with E-state index in [1.807, 2.05) is 55.5 Å². The topological polar surface area (TPSA) is 74.3 Å². The SMILES string of the molecule is Cc1ccccc1C1CC(=O)C2C(=O)N(c3nc4ccccc4s3)NC2N1. The summed E-state index contributed by atoms with van der Waals surface area (Å²) in [6, 6.07) is 15.7. The maximum absolute atomic E-state index is 12.9. The second kappa shape index (κ2) is 6.23. The van der Waals surface area contributed by atoms with Gasteiger partial charge in [-0.05, 0) is 30.2 Å². The number of piperidine rings is 1. The molecule has 2 aliphatic heterocycles. The molecule has 1 aromatic heterocycles. The fourth-order valence-electron chi connectivity index (χ4n) is 3.90. The van der Waals surface area contributed by atoms with Crippen LogP contribution in [0.3, 0.4) is 0 Å². The summed E-state index contributed by atoms with van der Waals surface area (Å²) in [6.45, 7) is 2.04. The number of carbonyl (C=O) groups is 2. The molecular formula is C20H18N4O2S. The van der Waals surface area contributed by atoms with Crippen molar-refractivity contribution in [1.29, 1.82) is 0 Å². The number of benzene rings is 2. The molecule has 2 aromatic carbocycles. The molecule has 0 aliphatic carbocycles. The average molecular weight is 378 g/mol. The van der Waals surface area contributed by atoms with Gasteiger partial charge >= 0.3 is 0 Å². The molecule has 6 nitrogen and oxygen atoms in total. The summed E-state index contributed by atoms with van der Waals surface area (Å²) in [6.07, 6.45) is -0.108. The minimum absolute atomic E-state index is 0.0342. The van der Waals surface area contributed by atoms with E-state index in [9.17, 15) is 9.59 Å². The van der Waals surface area contributed by atoms with Gasteiger partial charge in [0.25, 0.3) is 5.91 Å². The Morgan fingerprint density at radius 1 is 1.11 bits per heavy atom. The van der Waals surface area contributed by atoms with Crippen molar-refractivity contribution in [2.75, 3.05) is 5.01 Å².